The first-order valence-corrected chi connectivity index (χ1v) is 7.75. The lowest BCUT2D eigenvalue weighted by Gasteiger charge is -2.32. The molecule has 2 aromatic carbocycles. The molecule has 0 aliphatic carbocycles. The van der Waals surface area contributed by atoms with Gasteiger partial charge in [-0.15, -0.1) is 0 Å². The maximum Gasteiger partial charge on any atom is 0.272 e. The van der Waals surface area contributed by atoms with Crippen LogP contribution in [0.15, 0.2) is 60.7 Å². The Morgan fingerprint density at radius 3 is 1.78 bits per heavy atom. The fourth-order valence-corrected chi connectivity index (χ4v) is 2.12. The largest absolute Gasteiger partial charge is 0.272 e. The summed E-state index contributed by atoms with van der Waals surface area (Å²) in [5.41, 5.74) is 3.83. The van der Waals surface area contributed by atoms with E-state index >= 15 is 0 Å². The maximum atomic E-state index is 12.8. The van der Waals surface area contributed by atoms with Gasteiger partial charge in [-0.1, -0.05) is 50.2 Å². The molecule has 0 spiro atoms. The molecule has 0 aliphatic rings. The van der Waals surface area contributed by atoms with Crippen molar-refractivity contribution in [1.29, 1.82) is 0 Å². The highest BCUT2D eigenvalue weighted by Crippen LogP contribution is 2.13. The molecule has 0 fully saturated rings. The molecule has 0 bridgehead atoms. The summed E-state index contributed by atoms with van der Waals surface area (Å²) >= 11 is 0. The van der Waals surface area contributed by atoms with Crippen molar-refractivity contribution in [2.75, 3.05) is 0 Å². The van der Waals surface area contributed by atoms with E-state index in [1.807, 2.05) is 45.0 Å². The van der Waals surface area contributed by atoms with E-state index in [-0.39, 0.29) is 23.8 Å². The van der Waals surface area contributed by atoms with Crippen LogP contribution in [0.3, 0.4) is 0 Å². The summed E-state index contributed by atoms with van der Waals surface area (Å²) in [6.45, 7) is 5.96. The minimum atomic E-state index is -0.289. The molecule has 120 valence electrons. The number of hydrazine groups is 1. The highest BCUT2D eigenvalue weighted by atomic mass is 16.2. The van der Waals surface area contributed by atoms with Gasteiger partial charge in [0.05, 0.1) is 6.04 Å². The predicted octanol–water partition coefficient (Wildman–Crippen LogP) is 3.52. The number of nitrogens with one attached hydrogen (secondary N) is 1. The van der Waals surface area contributed by atoms with Crippen LogP contribution in [0.2, 0.25) is 0 Å². The predicted molar refractivity (Wildman–Crippen MR) is 90.8 cm³/mol. The van der Waals surface area contributed by atoms with Gasteiger partial charge in [0.1, 0.15) is 0 Å². The van der Waals surface area contributed by atoms with E-state index in [1.54, 1.807) is 36.4 Å². The van der Waals surface area contributed by atoms with Crippen LogP contribution in [-0.4, -0.2) is 22.9 Å². The number of rotatable bonds is 4. The molecular formula is C19H22N2O2. The topological polar surface area (TPSA) is 49.4 Å². The summed E-state index contributed by atoms with van der Waals surface area (Å²) in [7, 11) is 0. The van der Waals surface area contributed by atoms with Gasteiger partial charge in [0.25, 0.3) is 11.8 Å². The van der Waals surface area contributed by atoms with Crippen molar-refractivity contribution in [3.05, 3.63) is 71.8 Å². The molecule has 23 heavy (non-hydrogen) atoms. The molecule has 4 heteroatoms. The molecule has 1 atom stereocenters. The fraction of sp³-hybridized carbons (Fsp3) is 0.263. The second-order valence-electron chi connectivity index (χ2n) is 5.83. The summed E-state index contributed by atoms with van der Waals surface area (Å²) < 4.78 is 0. The second-order valence-corrected chi connectivity index (χ2v) is 5.83. The normalized spacial score (nSPS) is 11.8. The minimum Gasteiger partial charge on any atom is -0.267 e. The van der Waals surface area contributed by atoms with Gasteiger partial charge in [-0.2, -0.15) is 0 Å². The maximum absolute atomic E-state index is 12.8. The monoisotopic (exact) mass is 310 g/mol. The number of hydrogen-bond donors (Lipinski definition) is 1. The number of amides is 2. The van der Waals surface area contributed by atoms with Crippen LogP contribution < -0.4 is 5.43 Å². The van der Waals surface area contributed by atoms with E-state index in [0.717, 1.165) is 0 Å². The van der Waals surface area contributed by atoms with Crippen molar-refractivity contribution in [2.45, 2.75) is 26.8 Å². The smallest absolute Gasteiger partial charge is 0.267 e. The Kier molecular flexibility index (Phi) is 5.52. The average Bonchev–Trinajstić information content (AvgIpc) is 2.59. The molecular weight excluding hydrogens is 288 g/mol. The lowest BCUT2D eigenvalue weighted by atomic mass is 10.0. The van der Waals surface area contributed by atoms with Crippen LogP contribution in [0.1, 0.15) is 41.5 Å². The molecule has 0 aromatic heterocycles. The SMILES string of the molecule is CC(C)C(C)N(NC(=O)c1ccccc1)C(=O)c1ccccc1. The highest BCUT2D eigenvalue weighted by Gasteiger charge is 2.25. The van der Waals surface area contributed by atoms with Crippen molar-refractivity contribution < 1.29 is 9.59 Å². The van der Waals surface area contributed by atoms with Crippen molar-refractivity contribution in [2.24, 2.45) is 5.92 Å². The summed E-state index contributed by atoms with van der Waals surface area (Å²) in [6, 6.07) is 17.7. The first-order valence-electron chi connectivity index (χ1n) is 7.75. The van der Waals surface area contributed by atoms with Crippen LogP contribution in [-0.2, 0) is 0 Å². The van der Waals surface area contributed by atoms with E-state index in [0.29, 0.717) is 11.1 Å². The Morgan fingerprint density at radius 2 is 1.30 bits per heavy atom. The first-order chi connectivity index (χ1) is 11.0. The van der Waals surface area contributed by atoms with Crippen LogP contribution >= 0.6 is 0 Å². The van der Waals surface area contributed by atoms with E-state index in [1.165, 1.54) is 5.01 Å². The molecule has 1 unspecified atom stereocenters. The number of carbonyl (C=O) groups excluding carboxylic acids is 2. The Labute approximate surface area is 137 Å². The van der Waals surface area contributed by atoms with Gasteiger partial charge < -0.3 is 0 Å². The number of benzene rings is 2. The molecule has 1 N–H and O–H groups in total. The van der Waals surface area contributed by atoms with Gasteiger partial charge in [-0.3, -0.25) is 15.0 Å². The second kappa shape index (κ2) is 7.58. The Balaban J connectivity index is 2.24. The van der Waals surface area contributed by atoms with Crippen LogP contribution in [0.25, 0.3) is 0 Å². The van der Waals surface area contributed by atoms with E-state index in [2.05, 4.69) is 5.43 Å². The van der Waals surface area contributed by atoms with Crippen molar-refractivity contribution in [1.82, 2.24) is 10.4 Å². The van der Waals surface area contributed by atoms with Gasteiger partial charge in [0.15, 0.2) is 0 Å². The summed E-state index contributed by atoms with van der Waals surface area (Å²) in [5.74, 6) is -0.294. The lowest BCUT2D eigenvalue weighted by Crippen LogP contribution is -2.52. The summed E-state index contributed by atoms with van der Waals surface area (Å²) in [4.78, 5) is 25.2. The Bertz CT molecular complexity index is 654. The van der Waals surface area contributed by atoms with Crippen molar-refractivity contribution >= 4 is 11.8 Å². The average molecular weight is 310 g/mol. The van der Waals surface area contributed by atoms with Crippen LogP contribution in [0, 0.1) is 5.92 Å². The van der Waals surface area contributed by atoms with Crippen LogP contribution in [0.4, 0.5) is 0 Å². The van der Waals surface area contributed by atoms with Gasteiger partial charge in [0, 0.05) is 11.1 Å². The number of carbonyl (C=O) groups is 2. The molecule has 0 saturated heterocycles. The van der Waals surface area contributed by atoms with Crippen LogP contribution in [0.5, 0.6) is 0 Å². The molecule has 0 aliphatic heterocycles. The first kappa shape index (κ1) is 16.7. The van der Waals surface area contributed by atoms with E-state index < -0.39 is 0 Å². The van der Waals surface area contributed by atoms with Gasteiger partial charge in [0.2, 0.25) is 0 Å². The number of hydrogen-bond acceptors (Lipinski definition) is 2. The third-order valence-electron chi connectivity index (χ3n) is 3.87. The standard InChI is InChI=1S/C19H22N2O2/c1-14(2)15(3)21(19(23)17-12-8-5-9-13-17)20-18(22)16-10-6-4-7-11-16/h4-15H,1-3H3,(H,20,22). The molecule has 2 aromatic rings. The van der Waals surface area contributed by atoms with Gasteiger partial charge >= 0.3 is 0 Å². The Morgan fingerprint density at radius 1 is 0.826 bits per heavy atom. The third-order valence-corrected chi connectivity index (χ3v) is 3.87. The van der Waals surface area contributed by atoms with E-state index in [9.17, 15) is 9.59 Å². The zero-order valence-electron chi connectivity index (χ0n) is 13.7. The number of nitrogens with zero attached hydrogens (tertiary/aromatic N) is 1. The quantitative estimate of drug-likeness (QED) is 0.878. The zero-order valence-corrected chi connectivity index (χ0v) is 13.7. The summed E-state index contributed by atoms with van der Waals surface area (Å²) in [6.07, 6.45) is 0. The highest BCUT2D eigenvalue weighted by molar-refractivity contribution is 5.99. The molecule has 2 rings (SSSR count). The van der Waals surface area contributed by atoms with Crippen molar-refractivity contribution in [3.63, 3.8) is 0 Å². The molecule has 0 heterocycles. The van der Waals surface area contributed by atoms with Gasteiger partial charge in [-0.25, -0.2) is 5.01 Å². The molecule has 4 nitrogen and oxygen atoms in total. The lowest BCUT2D eigenvalue weighted by molar-refractivity contribution is 0.0443. The summed E-state index contributed by atoms with van der Waals surface area (Å²) in [5, 5.41) is 1.43. The molecule has 0 radical (unpaired) electrons. The van der Waals surface area contributed by atoms with E-state index in [4.69, 9.17) is 0 Å². The molecule has 2 amide bonds. The van der Waals surface area contributed by atoms with Crippen molar-refractivity contribution in [3.8, 4) is 0 Å². The van der Waals surface area contributed by atoms with Gasteiger partial charge in [-0.05, 0) is 37.1 Å². The third kappa shape index (κ3) is 4.19. The Hall–Kier alpha value is -2.62. The zero-order chi connectivity index (χ0) is 16.8. The fourth-order valence-electron chi connectivity index (χ4n) is 2.12. The molecule has 0 saturated carbocycles. The minimum absolute atomic E-state index is 0.129.